The number of hydrogen-bond donors (Lipinski definition) is 1. The van der Waals surface area contributed by atoms with Gasteiger partial charge in [0.1, 0.15) is 5.82 Å². The summed E-state index contributed by atoms with van der Waals surface area (Å²) in [7, 11) is 0. The van der Waals surface area contributed by atoms with Crippen LogP contribution in [0.4, 0.5) is 4.39 Å². The van der Waals surface area contributed by atoms with Crippen molar-refractivity contribution in [3.05, 3.63) is 35.6 Å². The second-order valence-electron chi connectivity index (χ2n) is 7.20. The van der Waals surface area contributed by atoms with Gasteiger partial charge in [-0.3, -0.25) is 9.69 Å². The summed E-state index contributed by atoms with van der Waals surface area (Å²) in [5.41, 5.74) is 1.07. The number of nitrogens with zero attached hydrogens (tertiary/aromatic N) is 1. The van der Waals surface area contributed by atoms with Crippen molar-refractivity contribution in [2.75, 3.05) is 6.54 Å². The van der Waals surface area contributed by atoms with E-state index in [1.165, 1.54) is 31.4 Å². The number of rotatable bonds is 6. The molecule has 1 aromatic rings. The van der Waals surface area contributed by atoms with Crippen LogP contribution in [0.2, 0.25) is 0 Å². The molecule has 1 N–H and O–H groups in total. The van der Waals surface area contributed by atoms with Crippen molar-refractivity contribution in [2.24, 2.45) is 5.92 Å². The Labute approximate surface area is 138 Å². The number of nitrogens with one attached hydrogen (secondary N) is 1. The highest BCUT2D eigenvalue weighted by Gasteiger charge is 2.31. The Morgan fingerprint density at radius 3 is 2.52 bits per heavy atom. The van der Waals surface area contributed by atoms with Gasteiger partial charge in [-0.25, -0.2) is 4.39 Å². The second-order valence-corrected chi connectivity index (χ2v) is 7.20. The molecule has 1 aromatic carbocycles. The maximum atomic E-state index is 13.0. The van der Waals surface area contributed by atoms with Gasteiger partial charge in [0.15, 0.2) is 0 Å². The van der Waals surface area contributed by atoms with Crippen LogP contribution in [0, 0.1) is 11.7 Å². The van der Waals surface area contributed by atoms with Crippen molar-refractivity contribution in [2.45, 2.75) is 64.1 Å². The van der Waals surface area contributed by atoms with Crippen LogP contribution in [0.1, 0.15) is 51.0 Å². The molecule has 2 saturated carbocycles. The molecule has 0 aliphatic heterocycles. The fourth-order valence-corrected chi connectivity index (χ4v) is 3.55. The smallest absolute Gasteiger partial charge is 0.234 e. The van der Waals surface area contributed by atoms with Crippen molar-refractivity contribution < 1.29 is 9.18 Å². The second kappa shape index (κ2) is 7.43. The third kappa shape index (κ3) is 4.77. The minimum Gasteiger partial charge on any atom is -0.352 e. The van der Waals surface area contributed by atoms with Crippen LogP contribution in [0.15, 0.2) is 24.3 Å². The summed E-state index contributed by atoms with van der Waals surface area (Å²) in [6, 6.07) is 7.45. The number of halogens is 1. The molecule has 0 unspecified atom stereocenters. The minimum atomic E-state index is -0.212. The zero-order valence-corrected chi connectivity index (χ0v) is 13.9. The summed E-state index contributed by atoms with van der Waals surface area (Å²) in [5, 5.41) is 3.24. The molecule has 1 amide bonds. The van der Waals surface area contributed by atoms with Crippen LogP contribution < -0.4 is 5.32 Å². The standard InChI is InChI=1S/C19H27FN2O/c1-14-4-2-3-5-18(14)21-19(23)13-22(17-10-11-17)12-15-6-8-16(20)9-7-15/h6-9,14,17-18H,2-5,10-13H2,1H3,(H,21,23)/t14-,18-/m1/s1. The molecule has 0 radical (unpaired) electrons. The summed E-state index contributed by atoms with van der Waals surface area (Å²) in [5.74, 6) is 0.507. The van der Waals surface area contributed by atoms with Gasteiger partial charge in [-0.15, -0.1) is 0 Å². The van der Waals surface area contributed by atoms with E-state index in [1.807, 2.05) is 12.1 Å². The highest BCUT2D eigenvalue weighted by atomic mass is 19.1. The van der Waals surface area contributed by atoms with Gasteiger partial charge in [-0.2, -0.15) is 0 Å². The van der Waals surface area contributed by atoms with Crippen molar-refractivity contribution in [3.63, 3.8) is 0 Å². The molecule has 2 fully saturated rings. The quantitative estimate of drug-likeness (QED) is 0.871. The first-order valence-corrected chi connectivity index (χ1v) is 8.89. The first kappa shape index (κ1) is 16.4. The van der Waals surface area contributed by atoms with Crippen molar-refractivity contribution in [1.29, 1.82) is 0 Å². The Kier molecular flexibility index (Phi) is 5.31. The summed E-state index contributed by atoms with van der Waals surface area (Å²) in [6.45, 7) is 3.41. The van der Waals surface area contributed by atoms with Crippen LogP contribution >= 0.6 is 0 Å². The maximum Gasteiger partial charge on any atom is 0.234 e. The van der Waals surface area contributed by atoms with Crippen LogP contribution in [0.5, 0.6) is 0 Å². The van der Waals surface area contributed by atoms with Crippen molar-refractivity contribution >= 4 is 5.91 Å². The first-order chi connectivity index (χ1) is 11.1. The predicted octanol–water partition coefficient (Wildman–Crippen LogP) is 3.49. The average molecular weight is 318 g/mol. The average Bonchev–Trinajstić information content (AvgIpc) is 3.36. The molecule has 0 spiro atoms. The molecular weight excluding hydrogens is 291 g/mol. The minimum absolute atomic E-state index is 0.137. The molecule has 4 heteroatoms. The van der Waals surface area contributed by atoms with Gasteiger partial charge < -0.3 is 5.32 Å². The summed E-state index contributed by atoms with van der Waals surface area (Å²) >= 11 is 0. The van der Waals surface area contributed by atoms with Gasteiger partial charge in [0, 0.05) is 18.6 Å². The fourth-order valence-electron chi connectivity index (χ4n) is 3.55. The third-order valence-electron chi connectivity index (χ3n) is 5.17. The molecule has 2 atom stereocenters. The Morgan fingerprint density at radius 1 is 1.17 bits per heavy atom. The van der Waals surface area contributed by atoms with Gasteiger partial charge in [0.25, 0.3) is 0 Å². The summed E-state index contributed by atoms with van der Waals surface area (Å²) in [6.07, 6.45) is 7.15. The lowest BCUT2D eigenvalue weighted by atomic mass is 9.86. The fraction of sp³-hybridized carbons (Fsp3) is 0.632. The first-order valence-electron chi connectivity index (χ1n) is 8.89. The van der Waals surface area contributed by atoms with E-state index in [0.29, 0.717) is 24.5 Å². The SMILES string of the molecule is C[C@@H]1CCCC[C@H]1NC(=O)CN(Cc1ccc(F)cc1)C1CC1. The van der Waals surface area contributed by atoms with E-state index in [0.717, 1.165) is 31.4 Å². The highest BCUT2D eigenvalue weighted by molar-refractivity contribution is 5.78. The van der Waals surface area contributed by atoms with Gasteiger partial charge in [0.05, 0.1) is 6.54 Å². The topological polar surface area (TPSA) is 32.3 Å². The lowest BCUT2D eigenvalue weighted by molar-refractivity contribution is -0.123. The van der Waals surface area contributed by atoms with Gasteiger partial charge in [-0.05, 0) is 49.3 Å². The Bertz CT molecular complexity index is 527. The molecular formula is C19H27FN2O. The lowest BCUT2D eigenvalue weighted by Crippen LogP contribution is -2.46. The Balaban J connectivity index is 1.54. The molecule has 3 rings (SSSR count). The number of benzene rings is 1. The largest absolute Gasteiger partial charge is 0.352 e. The maximum absolute atomic E-state index is 13.0. The van der Waals surface area contributed by atoms with Gasteiger partial charge in [0.2, 0.25) is 5.91 Å². The third-order valence-corrected chi connectivity index (χ3v) is 5.17. The normalized spacial score (nSPS) is 24.7. The number of carbonyl (C=O) groups is 1. The zero-order valence-electron chi connectivity index (χ0n) is 13.9. The number of hydrogen-bond acceptors (Lipinski definition) is 2. The molecule has 126 valence electrons. The Morgan fingerprint density at radius 2 is 1.87 bits per heavy atom. The molecule has 0 heterocycles. The van der Waals surface area contributed by atoms with Crippen molar-refractivity contribution in [1.82, 2.24) is 10.2 Å². The van der Waals surface area contributed by atoms with E-state index in [2.05, 4.69) is 17.1 Å². The van der Waals surface area contributed by atoms with Crippen LogP contribution in [0.25, 0.3) is 0 Å². The van der Waals surface area contributed by atoms with Crippen LogP contribution in [-0.2, 0) is 11.3 Å². The van der Waals surface area contributed by atoms with E-state index >= 15 is 0 Å². The van der Waals surface area contributed by atoms with Crippen molar-refractivity contribution in [3.8, 4) is 0 Å². The predicted molar refractivity (Wildman–Crippen MR) is 89.4 cm³/mol. The number of carbonyl (C=O) groups excluding carboxylic acids is 1. The van der Waals surface area contributed by atoms with Crippen LogP contribution in [-0.4, -0.2) is 29.4 Å². The lowest BCUT2D eigenvalue weighted by Gasteiger charge is -2.30. The summed E-state index contributed by atoms with van der Waals surface area (Å²) in [4.78, 5) is 14.7. The number of amides is 1. The van der Waals surface area contributed by atoms with Gasteiger partial charge >= 0.3 is 0 Å². The van der Waals surface area contributed by atoms with E-state index in [4.69, 9.17) is 0 Å². The highest BCUT2D eigenvalue weighted by Crippen LogP contribution is 2.28. The molecule has 2 aliphatic rings. The molecule has 0 aromatic heterocycles. The van der Waals surface area contributed by atoms with E-state index in [9.17, 15) is 9.18 Å². The molecule has 0 bridgehead atoms. The Hall–Kier alpha value is -1.42. The van der Waals surface area contributed by atoms with E-state index in [1.54, 1.807) is 0 Å². The summed E-state index contributed by atoms with van der Waals surface area (Å²) < 4.78 is 13.0. The van der Waals surface area contributed by atoms with Gasteiger partial charge in [-0.1, -0.05) is 31.9 Å². The molecule has 0 saturated heterocycles. The van der Waals surface area contributed by atoms with E-state index in [-0.39, 0.29) is 11.7 Å². The molecule has 23 heavy (non-hydrogen) atoms. The van der Waals surface area contributed by atoms with E-state index < -0.39 is 0 Å². The molecule has 2 aliphatic carbocycles. The van der Waals surface area contributed by atoms with Crippen LogP contribution in [0.3, 0.4) is 0 Å². The monoisotopic (exact) mass is 318 g/mol. The molecule has 3 nitrogen and oxygen atoms in total. The zero-order chi connectivity index (χ0) is 16.2.